The number of hydrogen-bond acceptors (Lipinski definition) is 5. The van der Waals surface area contributed by atoms with Gasteiger partial charge in [-0.15, -0.1) is 0 Å². The van der Waals surface area contributed by atoms with Crippen molar-refractivity contribution in [2.75, 3.05) is 19.0 Å². The van der Waals surface area contributed by atoms with E-state index >= 15 is 0 Å². The highest BCUT2D eigenvalue weighted by Gasteiger charge is 2.07. The molecular formula is C20H20N4O. The zero-order valence-electron chi connectivity index (χ0n) is 14.4. The van der Waals surface area contributed by atoms with Crippen molar-refractivity contribution in [2.45, 2.75) is 6.92 Å². The number of pyridine rings is 1. The van der Waals surface area contributed by atoms with E-state index in [-0.39, 0.29) is 0 Å². The molecule has 2 heterocycles. The molecule has 5 heteroatoms. The van der Waals surface area contributed by atoms with Gasteiger partial charge in [-0.25, -0.2) is 9.97 Å². The predicted octanol–water partition coefficient (Wildman–Crippen LogP) is 3.98. The average molecular weight is 332 g/mol. The Morgan fingerprint density at radius 2 is 1.96 bits per heavy atom. The van der Waals surface area contributed by atoms with Gasteiger partial charge in [-0.05, 0) is 30.7 Å². The van der Waals surface area contributed by atoms with E-state index in [2.05, 4.69) is 26.8 Å². The van der Waals surface area contributed by atoms with Gasteiger partial charge in [-0.1, -0.05) is 24.8 Å². The molecule has 0 fully saturated rings. The first kappa shape index (κ1) is 16.6. The predicted molar refractivity (Wildman–Crippen MR) is 101 cm³/mol. The Balaban J connectivity index is 1.72. The van der Waals surface area contributed by atoms with E-state index in [9.17, 15) is 0 Å². The van der Waals surface area contributed by atoms with E-state index < -0.39 is 0 Å². The van der Waals surface area contributed by atoms with E-state index in [1.54, 1.807) is 13.4 Å². The van der Waals surface area contributed by atoms with Crippen LogP contribution in [0.15, 0.2) is 61.6 Å². The van der Waals surface area contributed by atoms with Crippen LogP contribution in [0.1, 0.15) is 11.3 Å². The topological polar surface area (TPSA) is 59.9 Å². The maximum absolute atomic E-state index is 5.38. The maximum atomic E-state index is 5.38. The molecule has 25 heavy (non-hydrogen) atoms. The second kappa shape index (κ2) is 7.57. The standard InChI is InChI=1S/C20H20N4O/c1-14(17-6-4-5-7-19(17)25-3)11-22-20-10-18(23-13-24-20)16-9-8-15(2)21-12-16/h4-10,12-13H,1,11H2,2-3H3,(H,22,23,24). The van der Waals surface area contributed by atoms with Crippen LogP contribution in [0, 0.1) is 6.92 Å². The van der Waals surface area contributed by atoms with Crippen LogP contribution >= 0.6 is 0 Å². The highest BCUT2D eigenvalue weighted by molar-refractivity contribution is 5.72. The number of nitrogens with one attached hydrogen (secondary N) is 1. The van der Waals surface area contributed by atoms with Crippen molar-refractivity contribution in [3.63, 3.8) is 0 Å². The number of hydrogen-bond donors (Lipinski definition) is 1. The first-order chi connectivity index (χ1) is 12.2. The average Bonchev–Trinajstić information content (AvgIpc) is 2.67. The number of aromatic nitrogens is 3. The third-order valence-corrected chi connectivity index (χ3v) is 3.84. The van der Waals surface area contributed by atoms with Crippen LogP contribution < -0.4 is 10.1 Å². The normalized spacial score (nSPS) is 10.3. The molecule has 5 nitrogen and oxygen atoms in total. The van der Waals surface area contributed by atoms with E-state index in [0.29, 0.717) is 6.54 Å². The Hall–Kier alpha value is -3.21. The van der Waals surface area contributed by atoms with Gasteiger partial charge in [0.1, 0.15) is 17.9 Å². The fourth-order valence-electron chi connectivity index (χ4n) is 2.46. The molecule has 0 aliphatic carbocycles. The zero-order valence-corrected chi connectivity index (χ0v) is 14.4. The van der Waals surface area contributed by atoms with Crippen LogP contribution in [-0.4, -0.2) is 28.6 Å². The smallest absolute Gasteiger partial charge is 0.130 e. The quantitative estimate of drug-likeness (QED) is 0.740. The van der Waals surface area contributed by atoms with Crippen molar-refractivity contribution in [1.82, 2.24) is 15.0 Å². The van der Waals surface area contributed by atoms with Gasteiger partial charge in [0.25, 0.3) is 0 Å². The van der Waals surface area contributed by atoms with Crippen LogP contribution in [0.2, 0.25) is 0 Å². The zero-order chi connectivity index (χ0) is 17.6. The van der Waals surface area contributed by atoms with Crippen LogP contribution in [0.5, 0.6) is 5.75 Å². The third kappa shape index (κ3) is 4.01. The number of nitrogens with zero attached hydrogens (tertiary/aromatic N) is 3. The Kier molecular flexibility index (Phi) is 5.04. The van der Waals surface area contributed by atoms with Crippen molar-refractivity contribution >= 4 is 11.4 Å². The molecule has 0 saturated carbocycles. The van der Waals surface area contributed by atoms with E-state index in [4.69, 9.17) is 4.74 Å². The summed E-state index contributed by atoms with van der Waals surface area (Å²) in [5, 5.41) is 3.29. The molecule has 1 aromatic carbocycles. The van der Waals surface area contributed by atoms with Gasteiger partial charge in [0.05, 0.1) is 12.8 Å². The number of anilines is 1. The molecule has 126 valence electrons. The summed E-state index contributed by atoms with van der Waals surface area (Å²) in [5.74, 6) is 1.55. The maximum Gasteiger partial charge on any atom is 0.130 e. The SMILES string of the molecule is C=C(CNc1cc(-c2ccc(C)nc2)ncn1)c1ccccc1OC. The lowest BCUT2D eigenvalue weighted by Gasteiger charge is -2.12. The van der Waals surface area contributed by atoms with Crippen LogP contribution in [0.4, 0.5) is 5.82 Å². The highest BCUT2D eigenvalue weighted by Crippen LogP contribution is 2.25. The summed E-state index contributed by atoms with van der Waals surface area (Å²) < 4.78 is 5.38. The highest BCUT2D eigenvalue weighted by atomic mass is 16.5. The van der Waals surface area contributed by atoms with Crippen molar-refractivity contribution in [3.8, 4) is 17.0 Å². The Morgan fingerprint density at radius 1 is 1.12 bits per heavy atom. The second-order valence-corrected chi connectivity index (χ2v) is 5.63. The third-order valence-electron chi connectivity index (χ3n) is 3.84. The molecule has 3 rings (SSSR count). The fourth-order valence-corrected chi connectivity index (χ4v) is 2.46. The molecule has 0 bridgehead atoms. The number of para-hydroxylation sites is 1. The van der Waals surface area contributed by atoms with Crippen LogP contribution in [0.3, 0.4) is 0 Å². The summed E-state index contributed by atoms with van der Waals surface area (Å²) in [5.41, 5.74) is 4.67. The van der Waals surface area contributed by atoms with E-state index in [0.717, 1.165) is 39.7 Å². The van der Waals surface area contributed by atoms with Crippen molar-refractivity contribution in [2.24, 2.45) is 0 Å². The molecule has 0 saturated heterocycles. The van der Waals surface area contributed by atoms with Crippen molar-refractivity contribution < 1.29 is 4.74 Å². The molecule has 0 atom stereocenters. The van der Waals surface area contributed by atoms with Gasteiger partial charge in [-0.3, -0.25) is 4.98 Å². The Labute approximate surface area is 147 Å². The molecule has 0 radical (unpaired) electrons. The van der Waals surface area contributed by atoms with Gasteiger partial charge in [0.15, 0.2) is 0 Å². The minimum absolute atomic E-state index is 0.559. The molecule has 2 aromatic heterocycles. The monoisotopic (exact) mass is 332 g/mol. The molecule has 0 aliphatic rings. The Bertz CT molecular complexity index is 875. The molecule has 0 aliphatic heterocycles. The van der Waals surface area contributed by atoms with Crippen molar-refractivity contribution in [3.05, 3.63) is 72.8 Å². The molecule has 0 unspecified atom stereocenters. The van der Waals surface area contributed by atoms with E-state index in [1.165, 1.54) is 0 Å². The summed E-state index contributed by atoms with van der Waals surface area (Å²) in [7, 11) is 1.66. The van der Waals surface area contributed by atoms with Gasteiger partial charge in [0.2, 0.25) is 0 Å². The van der Waals surface area contributed by atoms with Gasteiger partial charge in [0, 0.05) is 35.6 Å². The molecular weight excluding hydrogens is 312 g/mol. The molecule has 0 amide bonds. The van der Waals surface area contributed by atoms with Crippen LogP contribution in [-0.2, 0) is 0 Å². The summed E-state index contributed by atoms with van der Waals surface area (Å²) in [6.45, 7) is 6.66. The first-order valence-electron chi connectivity index (χ1n) is 7.97. The van der Waals surface area contributed by atoms with Gasteiger partial charge >= 0.3 is 0 Å². The minimum Gasteiger partial charge on any atom is -0.496 e. The minimum atomic E-state index is 0.559. The number of benzene rings is 1. The molecule has 0 spiro atoms. The number of rotatable bonds is 6. The summed E-state index contributed by atoms with van der Waals surface area (Å²) in [6.07, 6.45) is 3.36. The first-order valence-corrected chi connectivity index (χ1v) is 7.97. The lowest BCUT2D eigenvalue weighted by atomic mass is 10.1. The molecule has 1 N–H and O–H groups in total. The second-order valence-electron chi connectivity index (χ2n) is 5.63. The Morgan fingerprint density at radius 3 is 2.72 bits per heavy atom. The summed E-state index contributed by atoms with van der Waals surface area (Å²) >= 11 is 0. The van der Waals surface area contributed by atoms with E-state index in [1.807, 2.05) is 55.6 Å². The number of methoxy groups -OCH3 is 1. The van der Waals surface area contributed by atoms with Gasteiger partial charge < -0.3 is 10.1 Å². The lowest BCUT2D eigenvalue weighted by molar-refractivity contribution is 0.413. The summed E-state index contributed by atoms with van der Waals surface area (Å²) in [4.78, 5) is 12.9. The number of aryl methyl sites for hydroxylation is 1. The van der Waals surface area contributed by atoms with Crippen LogP contribution in [0.25, 0.3) is 16.8 Å². The summed E-state index contributed by atoms with van der Waals surface area (Å²) in [6, 6.07) is 13.7. The van der Waals surface area contributed by atoms with Crippen molar-refractivity contribution in [1.29, 1.82) is 0 Å². The van der Waals surface area contributed by atoms with Gasteiger partial charge in [-0.2, -0.15) is 0 Å². The molecule has 3 aromatic rings. The number of ether oxygens (including phenoxy) is 1. The largest absolute Gasteiger partial charge is 0.496 e. The lowest BCUT2D eigenvalue weighted by Crippen LogP contribution is -2.06. The fraction of sp³-hybridized carbons (Fsp3) is 0.150.